The number of rotatable bonds is 1. The SMILES string of the molecule is CC(C)(C)OC(=O)N1CCC(c2ccc(Br)c(F)c2F)C(F)(F)C1. The Morgan fingerprint density at radius 1 is 1.29 bits per heavy atom. The molecule has 1 heterocycles. The second kappa shape index (κ2) is 6.54. The maximum absolute atomic E-state index is 14.5. The third-order valence-electron chi connectivity index (χ3n) is 3.69. The van der Waals surface area contributed by atoms with Crippen LogP contribution in [-0.2, 0) is 4.74 Å². The Bertz CT molecular complexity index is 646. The first-order chi connectivity index (χ1) is 10.9. The molecule has 0 bridgehead atoms. The molecule has 0 spiro atoms. The van der Waals surface area contributed by atoms with Gasteiger partial charge in [0.05, 0.1) is 16.9 Å². The Hall–Kier alpha value is -1.31. The standard InChI is InChI=1S/C16H18BrF4NO2/c1-15(2,3)24-14(23)22-7-6-10(16(20,21)8-22)9-4-5-11(17)13(19)12(9)18/h4-5,10H,6-8H2,1-3H3. The quantitative estimate of drug-likeness (QED) is 0.475. The fourth-order valence-electron chi connectivity index (χ4n) is 2.62. The number of piperidine rings is 1. The summed E-state index contributed by atoms with van der Waals surface area (Å²) in [4.78, 5) is 12.8. The minimum atomic E-state index is -3.39. The number of halogens is 5. The van der Waals surface area contributed by atoms with E-state index < -0.39 is 41.7 Å². The smallest absolute Gasteiger partial charge is 0.410 e. The molecule has 1 unspecified atom stereocenters. The number of benzene rings is 1. The Morgan fingerprint density at radius 2 is 1.92 bits per heavy atom. The molecular formula is C16H18BrF4NO2. The van der Waals surface area contributed by atoms with Gasteiger partial charge in [0.25, 0.3) is 5.92 Å². The van der Waals surface area contributed by atoms with Gasteiger partial charge in [0.1, 0.15) is 5.60 Å². The minimum Gasteiger partial charge on any atom is -0.444 e. The predicted octanol–water partition coefficient (Wildman–Crippen LogP) is 5.09. The maximum Gasteiger partial charge on any atom is 0.410 e. The van der Waals surface area contributed by atoms with Gasteiger partial charge < -0.3 is 9.64 Å². The molecule has 24 heavy (non-hydrogen) atoms. The highest BCUT2D eigenvalue weighted by Gasteiger charge is 2.48. The van der Waals surface area contributed by atoms with Crippen LogP contribution in [0.2, 0.25) is 0 Å². The number of ether oxygens (including phenoxy) is 1. The Balaban J connectivity index is 2.21. The van der Waals surface area contributed by atoms with E-state index in [0.29, 0.717) is 0 Å². The summed E-state index contributed by atoms with van der Waals surface area (Å²) < 4.78 is 61.5. The van der Waals surface area contributed by atoms with E-state index in [2.05, 4.69) is 15.9 Å². The summed E-state index contributed by atoms with van der Waals surface area (Å²) in [5, 5.41) is 0. The third-order valence-corrected chi connectivity index (χ3v) is 4.30. The molecular weight excluding hydrogens is 394 g/mol. The van der Waals surface area contributed by atoms with Crippen LogP contribution in [0.25, 0.3) is 0 Å². The highest BCUT2D eigenvalue weighted by atomic mass is 79.9. The number of carbonyl (C=O) groups is 1. The number of amides is 1. The van der Waals surface area contributed by atoms with Crippen LogP contribution in [0.3, 0.4) is 0 Å². The molecule has 8 heteroatoms. The molecule has 3 nitrogen and oxygen atoms in total. The molecule has 1 fully saturated rings. The second-order valence-electron chi connectivity index (χ2n) is 6.77. The minimum absolute atomic E-state index is 0.0215. The Morgan fingerprint density at radius 3 is 2.46 bits per heavy atom. The van der Waals surface area contributed by atoms with Crippen molar-refractivity contribution < 1.29 is 27.1 Å². The molecule has 1 aromatic carbocycles. The molecule has 1 saturated heterocycles. The summed E-state index contributed by atoms with van der Waals surface area (Å²) in [5.74, 6) is -7.38. The van der Waals surface area contributed by atoms with E-state index in [-0.39, 0.29) is 23.0 Å². The fourth-order valence-corrected chi connectivity index (χ4v) is 2.92. The van der Waals surface area contributed by atoms with Crippen LogP contribution in [0.1, 0.15) is 38.7 Å². The van der Waals surface area contributed by atoms with Crippen molar-refractivity contribution in [2.24, 2.45) is 0 Å². The molecule has 0 N–H and O–H groups in total. The summed E-state index contributed by atoms with van der Waals surface area (Å²) in [6.07, 6.45) is -1.03. The van der Waals surface area contributed by atoms with E-state index in [0.717, 1.165) is 11.0 Å². The molecule has 134 valence electrons. The highest BCUT2D eigenvalue weighted by Crippen LogP contribution is 2.42. The largest absolute Gasteiger partial charge is 0.444 e. The summed E-state index contributed by atoms with van der Waals surface area (Å²) in [6.45, 7) is 3.98. The zero-order valence-corrected chi connectivity index (χ0v) is 15.1. The van der Waals surface area contributed by atoms with Crippen molar-refractivity contribution in [3.63, 3.8) is 0 Å². The van der Waals surface area contributed by atoms with Gasteiger partial charge in [0.15, 0.2) is 11.6 Å². The van der Waals surface area contributed by atoms with Crippen LogP contribution < -0.4 is 0 Å². The van der Waals surface area contributed by atoms with Gasteiger partial charge in [-0.1, -0.05) is 6.07 Å². The van der Waals surface area contributed by atoms with Crippen molar-refractivity contribution in [2.45, 2.75) is 44.6 Å². The molecule has 1 aromatic rings. The zero-order chi connectivity index (χ0) is 18.3. The fraction of sp³-hybridized carbons (Fsp3) is 0.562. The number of hydrogen-bond acceptors (Lipinski definition) is 2. The van der Waals surface area contributed by atoms with Gasteiger partial charge in [0.2, 0.25) is 0 Å². The lowest BCUT2D eigenvalue weighted by Crippen LogP contribution is -2.51. The van der Waals surface area contributed by atoms with E-state index >= 15 is 0 Å². The predicted molar refractivity (Wildman–Crippen MR) is 84.2 cm³/mol. The van der Waals surface area contributed by atoms with E-state index in [1.165, 1.54) is 6.07 Å². The normalized spacial score (nSPS) is 20.8. The van der Waals surface area contributed by atoms with Crippen LogP contribution in [0.15, 0.2) is 16.6 Å². The molecule has 0 saturated carbocycles. The summed E-state index contributed by atoms with van der Waals surface area (Å²) in [7, 11) is 0. The second-order valence-corrected chi connectivity index (χ2v) is 7.62. The number of hydrogen-bond donors (Lipinski definition) is 0. The van der Waals surface area contributed by atoms with Crippen LogP contribution in [-0.4, -0.2) is 35.6 Å². The maximum atomic E-state index is 14.5. The Labute approximate surface area is 146 Å². The topological polar surface area (TPSA) is 29.5 Å². The molecule has 2 rings (SSSR count). The summed E-state index contributed by atoms with van der Waals surface area (Å²) >= 11 is 2.82. The average Bonchev–Trinajstić information content (AvgIpc) is 2.43. The first-order valence-corrected chi connectivity index (χ1v) is 8.21. The molecule has 1 atom stereocenters. The summed E-state index contributed by atoms with van der Waals surface area (Å²) in [6, 6.07) is 2.34. The molecule has 0 aromatic heterocycles. The van der Waals surface area contributed by atoms with Gasteiger partial charge in [0, 0.05) is 12.1 Å². The molecule has 1 aliphatic heterocycles. The first-order valence-electron chi connectivity index (χ1n) is 7.41. The van der Waals surface area contributed by atoms with Crippen molar-refractivity contribution in [3.05, 3.63) is 33.8 Å². The van der Waals surface area contributed by atoms with E-state index in [4.69, 9.17) is 4.74 Å². The van der Waals surface area contributed by atoms with E-state index in [1.807, 2.05) is 0 Å². The van der Waals surface area contributed by atoms with Crippen molar-refractivity contribution in [1.29, 1.82) is 0 Å². The van der Waals surface area contributed by atoms with Gasteiger partial charge >= 0.3 is 6.09 Å². The summed E-state index contributed by atoms with van der Waals surface area (Å²) in [5.41, 5.74) is -1.19. The van der Waals surface area contributed by atoms with Crippen LogP contribution in [0.5, 0.6) is 0 Å². The van der Waals surface area contributed by atoms with Gasteiger partial charge in [-0.2, -0.15) is 0 Å². The lowest BCUT2D eigenvalue weighted by atomic mass is 9.86. The van der Waals surface area contributed by atoms with Crippen LogP contribution in [0.4, 0.5) is 22.4 Å². The van der Waals surface area contributed by atoms with Gasteiger partial charge in [-0.05, 0) is 49.2 Å². The number of likely N-dealkylation sites (tertiary alicyclic amines) is 1. The molecule has 0 radical (unpaired) electrons. The monoisotopic (exact) mass is 411 g/mol. The van der Waals surface area contributed by atoms with E-state index in [1.54, 1.807) is 20.8 Å². The average molecular weight is 412 g/mol. The van der Waals surface area contributed by atoms with E-state index in [9.17, 15) is 22.4 Å². The zero-order valence-electron chi connectivity index (χ0n) is 13.5. The number of carbonyl (C=O) groups excluding carboxylic acids is 1. The lowest BCUT2D eigenvalue weighted by molar-refractivity contribution is -0.0856. The third kappa shape index (κ3) is 4.02. The van der Waals surface area contributed by atoms with Crippen LogP contribution >= 0.6 is 15.9 Å². The molecule has 0 aliphatic carbocycles. The number of alkyl halides is 2. The molecule has 1 aliphatic rings. The van der Waals surface area contributed by atoms with Crippen molar-refractivity contribution in [2.75, 3.05) is 13.1 Å². The highest BCUT2D eigenvalue weighted by molar-refractivity contribution is 9.10. The lowest BCUT2D eigenvalue weighted by Gasteiger charge is -2.39. The molecule has 1 amide bonds. The van der Waals surface area contributed by atoms with Gasteiger partial charge in [-0.25, -0.2) is 22.4 Å². The van der Waals surface area contributed by atoms with Crippen molar-refractivity contribution in [3.8, 4) is 0 Å². The van der Waals surface area contributed by atoms with Gasteiger partial charge in [-0.15, -0.1) is 0 Å². The van der Waals surface area contributed by atoms with Crippen molar-refractivity contribution >= 4 is 22.0 Å². The van der Waals surface area contributed by atoms with Crippen molar-refractivity contribution in [1.82, 2.24) is 4.90 Å². The van der Waals surface area contributed by atoms with Gasteiger partial charge in [-0.3, -0.25) is 0 Å². The Kier molecular flexibility index (Phi) is 5.18. The van der Waals surface area contributed by atoms with Crippen LogP contribution in [0, 0.1) is 11.6 Å². The first kappa shape index (κ1) is 19.0. The number of nitrogens with zero attached hydrogens (tertiary/aromatic N) is 1.